The molecule has 0 atom stereocenters. The van der Waals surface area contributed by atoms with E-state index >= 15 is 0 Å². The van der Waals surface area contributed by atoms with Crippen molar-refractivity contribution in [1.82, 2.24) is 4.90 Å². The molecule has 1 aliphatic rings. The molecule has 1 fully saturated rings. The zero-order chi connectivity index (χ0) is 14.8. The highest BCUT2D eigenvalue weighted by atomic mass is 19.1. The van der Waals surface area contributed by atoms with Crippen molar-refractivity contribution in [2.75, 3.05) is 0 Å². The highest BCUT2D eigenvalue weighted by molar-refractivity contribution is 5.94. The van der Waals surface area contributed by atoms with Crippen LogP contribution in [0.3, 0.4) is 0 Å². The van der Waals surface area contributed by atoms with Gasteiger partial charge in [-0.25, -0.2) is 4.39 Å². The van der Waals surface area contributed by atoms with Crippen molar-refractivity contribution in [3.8, 4) is 0 Å². The van der Waals surface area contributed by atoms with Gasteiger partial charge in [-0.15, -0.1) is 0 Å². The lowest BCUT2D eigenvalue weighted by molar-refractivity contribution is -0.605. The quantitative estimate of drug-likeness (QED) is 0.639. The van der Waals surface area contributed by atoms with Crippen LogP contribution in [0.1, 0.15) is 28.8 Å². The Morgan fingerprint density at radius 2 is 1.81 bits per heavy atom. The monoisotopic (exact) mass is 286 g/mol. The first-order chi connectivity index (χ1) is 10.1. The number of aromatic nitrogens is 1. The van der Waals surface area contributed by atoms with Crippen molar-refractivity contribution in [2.45, 2.75) is 25.4 Å². The maximum Gasteiger partial charge on any atom is 0.254 e. The van der Waals surface area contributed by atoms with E-state index in [0.29, 0.717) is 16.8 Å². The average molecular weight is 286 g/mol. The molecule has 0 radical (unpaired) electrons. The second-order valence-corrected chi connectivity index (χ2v) is 5.24. The Bertz CT molecular complexity index is 636. The van der Waals surface area contributed by atoms with Gasteiger partial charge in [0.25, 0.3) is 5.91 Å². The summed E-state index contributed by atoms with van der Waals surface area (Å²) in [6, 6.07) is 9.46. The van der Waals surface area contributed by atoms with Crippen molar-refractivity contribution < 1.29 is 13.9 Å². The van der Waals surface area contributed by atoms with Gasteiger partial charge < -0.3 is 10.1 Å². The highest BCUT2D eigenvalue weighted by Gasteiger charge is 2.33. The lowest BCUT2D eigenvalue weighted by atomic mass is 10.1. The third-order valence-corrected chi connectivity index (χ3v) is 3.56. The Morgan fingerprint density at radius 3 is 2.38 bits per heavy atom. The molecule has 1 aromatic heterocycles. The summed E-state index contributed by atoms with van der Waals surface area (Å²) in [4.78, 5) is 14.3. The standard InChI is InChI=1S/C16H15FN2O2/c17-14-3-1-12(2-4-14)11-19(15-5-6-15)16(20)13-7-9-18(21)10-8-13/h1-4,7-10,15H,5-6,11H2. The molecule has 1 heterocycles. The summed E-state index contributed by atoms with van der Waals surface area (Å²) in [6.07, 6.45) is 4.61. The van der Waals surface area contributed by atoms with Crippen LogP contribution in [0, 0.1) is 11.0 Å². The number of benzene rings is 1. The highest BCUT2D eigenvalue weighted by Crippen LogP contribution is 2.29. The van der Waals surface area contributed by atoms with E-state index in [2.05, 4.69) is 0 Å². The van der Waals surface area contributed by atoms with Crippen LogP contribution >= 0.6 is 0 Å². The van der Waals surface area contributed by atoms with Crippen LogP contribution in [-0.2, 0) is 6.54 Å². The number of pyridine rings is 1. The third kappa shape index (κ3) is 3.18. The zero-order valence-electron chi connectivity index (χ0n) is 11.4. The van der Waals surface area contributed by atoms with Crippen LogP contribution in [0.15, 0.2) is 48.8 Å². The Kier molecular flexibility index (Phi) is 3.56. The fraction of sp³-hybridized carbons (Fsp3) is 0.250. The van der Waals surface area contributed by atoms with E-state index in [1.807, 2.05) is 0 Å². The molecule has 108 valence electrons. The molecule has 5 heteroatoms. The van der Waals surface area contributed by atoms with Gasteiger partial charge in [0.1, 0.15) is 5.82 Å². The van der Waals surface area contributed by atoms with Crippen molar-refractivity contribution >= 4 is 5.91 Å². The lowest BCUT2D eigenvalue weighted by Crippen LogP contribution is -2.33. The molecule has 1 aliphatic carbocycles. The SMILES string of the molecule is O=C(c1cc[n+]([O-])cc1)N(Cc1ccc(F)cc1)C1CC1. The summed E-state index contributed by atoms with van der Waals surface area (Å²) in [6.45, 7) is 0.454. The van der Waals surface area contributed by atoms with E-state index in [1.54, 1.807) is 17.0 Å². The molecule has 3 rings (SSSR count). The van der Waals surface area contributed by atoms with Crippen molar-refractivity contribution in [1.29, 1.82) is 0 Å². The molecule has 2 aromatic rings. The minimum atomic E-state index is -0.286. The first kappa shape index (κ1) is 13.5. The number of rotatable bonds is 4. The predicted octanol–water partition coefficient (Wildman–Crippen LogP) is 2.26. The summed E-state index contributed by atoms with van der Waals surface area (Å²) >= 11 is 0. The largest absolute Gasteiger partial charge is 0.619 e. The van der Waals surface area contributed by atoms with Crippen molar-refractivity contribution in [2.24, 2.45) is 0 Å². The number of hydrogen-bond acceptors (Lipinski definition) is 2. The molecule has 0 bridgehead atoms. The fourth-order valence-corrected chi connectivity index (χ4v) is 2.26. The topological polar surface area (TPSA) is 47.2 Å². The van der Waals surface area contributed by atoms with Crippen LogP contribution in [0.2, 0.25) is 0 Å². The van der Waals surface area contributed by atoms with Gasteiger partial charge in [-0.3, -0.25) is 4.79 Å². The Balaban J connectivity index is 1.79. The minimum Gasteiger partial charge on any atom is -0.619 e. The van der Waals surface area contributed by atoms with E-state index in [0.717, 1.165) is 18.4 Å². The van der Waals surface area contributed by atoms with Crippen molar-refractivity contribution in [3.05, 3.63) is 70.9 Å². The molecule has 1 amide bonds. The van der Waals surface area contributed by atoms with Gasteiger partial charge in [-0.05, 0) is 30.5 Å². The van der Waals surface area contributed by atoms with Crippen LogP contribution in [0.25, 0.3) is 0 Å². The van der Waals surface area contributed by atoms with Crippen molar-refractivity contribution in [3.63, 3.8) is 0 Å². The number of amides is 1. The van der Waals surface area contributed by atoms with Crippen LogP contribution in [0.4, 0.5) is 4.39 Å². The molecule has 0 N–H and O–H groups in total. The summed E-state index contributed by atoms with van der Waals surface area (Å²) in [5.74, 6) is -0.381. The van der Waals surface area contributed by atoms with Gasteiger partial charge in [-0.2, -0.15) is 4.73 Å². The second kappa shape index (κ2) is 5.52. The molecule has 1 aromatic carbocycles. The third-order valence-electron chi connectivity index (χ3n) is 3.56. The number of halogens is 1. The Hall–Kier alpha value is -2.43. The molecule has 0 unspecified atom stereocenters. The maximum absolute atomic E-state index is 12.9. The summed E-state index contributed by atoms with van der Waals surface area (Å²) < 4.78 is 13.6. The minimum absolute atomic E-state index is 0.0950. The van der Waals surface area contributed by atoms with Crippen LogP contribution in [-0.4, -0.2) is 16.8 Å². The van der Waals surface area contributed by atoms with Crippen LogP contribution in [0.5, 0.6) is 0 Å². The van der Waals surface area contributed by atoms with E-state index in [9.17, 15) is 14.4 Å². The normalized spacial score (nSPS) is 14.0. The molecule has 21 heavy (non-hydrogen) atoms. The van der Waals surface area contributed by atoms with Gasteiger partial charge in [-0.1, -0.05) is 12.1 Å². The summed E-state index contributed by atoms with van der Waals surface area (Å²) in [7, 11) is 0. The van der Waals surface area contributed by atoms with Gasteiger partial charge in [0, 0.05) is 24.7 Å². The van der Waals surface area contributed by atoms with E-state index in [4.69, 9.17) is 0 Å². The van der Waals surface area contributed by atoms with E-state index in [-0.39, 0.29) is 17.8 Å². The van der Waals surface area contributed by atoms with E-state index in [1.165, 1.54) is 36.7 Å². The molecule has 0 aliphatic heterocycles. The van der Waals surface area contributed by atoms with Gasteiger partial charge in [0.15, 0.2) is 12.4 Å². The molecule has 0 saturated heterocycles. The van der Waals surface area contributed by atoms with Gasteiger partial charge >= 0.3 is 0 Å². The zero-order valence-corrected chi connectivity index (χ0v) is 11.4. The molecule has 0 spiro atoms. The van der Waals surface area contributed by atoms with Gasteiger partial charge in [0.05, 0.1) is 5.56 Å². The Morgan fingerprint density at radius 1 is 1.19 bits per heavy atom. The maximum atomic E-state index is 12.9. The fourth-order valence-electron chi connectivity index (χ4n) is 2.26. The molecular formula is C16H15FN2O2. The summed E-state index contributed by atoms with van der Waals surface area (Å²) in [5, 5.41) is 11.0. The number of hydrogen-bond donors (Lipinski definition) is 0. The average Bonchev–Trinajstić information content (AvgIpc) is 3.31. The Labute approximate surface area is 122 Å². The van der Waals surface area contributed by atoms with Gasteiger partial charge in [0.2, 0.25) is 0 Å². The number of carbonyl (C=O) groups excluding carboxylic acids is 1. The molecular weight excluding hydrogens is 271 g/mol. The smallest absolute Gasteiger partial charge is 0.254 e. The predicted molar refractivity (Wildman–Crippen MR) is 74.7 cm³/mol. The number of nitrogens with zero attached hydrogens (tertiary/aromatic N) is 2. The molecule has 1 saturated carbocycles. The molecule has 4 nitrogen and oxygen atoms in total. The second-order valence-electron chi connectivity index (χ2n) is 5.24. The first-order valence-electron chi connectivity index (χ1n) is 6.88. The van der Waals surface area contributed by atoms with Crippen LogP contribution < -0.4 is 4.73 Å². The number of carbonyl (C=O) groups is 1. The first-order valence-corrected chi connectivity index (χ1v) is 6.88. The lowest BCUT2D eigenvalue weighted by Gasteiger charge is -2.22. The van der Waals surface area contributed by atoms with E-state index < -0.39 is 0 Å². The summed E-state index contributed by atoms with van der Waals surface area (Å²) in [5.41, 5.74) is 1.39.